The third kappa shape index (κ3) is 6.10. The van der Waals surface area contributed by atoms with Crippen molar-refractivity contribution in [2.45, 2.75) is 26.3 Å². The van der Waals surface area contributed by atoms with Gasteiger partial charge >= 0.3 is 0 Å². The maximum Gasteiger partial charge on any atom is 0.211 e. The van der Waals surface area contributed by atoms with Crippen molar-refractivity contribution in [2.24, 2.45) is 4.99 Å². The quantitative estimate of drug-likeness (QED) is 0.338. The number of halogens is 1. The van der Waals surface area contributed by atoms with E-state index in [1.54, 1.807) is 19.2 Å². The molecule has 26 heavy (non-hydrogen) atoms. The maximum atomic E-state index is 13.9. The van der Waals surface area contributed by atoms with Gasteiger partial charge in [-0.1, -0.05) is 0 Å². The molecule has 2 heterocycles. The van der Waals surface area contributed by atoms with E-state index in [2.05, 4.69) is 25.3 Å². The number of rotatable bonds is 8. The van der Waals surface area contributed by atoms with Crippen molar-refractivity contribution < 1.29 is 12.8 Å². The molecule has 0 bridgehead atoms. The predicted molar refractivity (Wildman–Crippen MR) is 101 cm³/mol. The van der Waals surface area contributed by atoms with Crippen LogP contribution in [0.15, 0.2) is 23.3 Å². The van der Waals surface area contributed by atoms with Gasteiger partial charge in [-0.25, -0.2) is 22.5 Å². The van der Waals surface area contributed by atoms with Crippen molar-refractivity contribution >= 4 is 21.8 Å². The summed E-state index contributed by atoms with van der Waals surface area (Å²) in [7, 11) is -3.20. The largest absolute Gasteiger partial charge is 0.357 e. The summed E-state index contributed by atoms with van der Waals surface area (Å²) in [6.07, 6.45) is 2.42. The van der Waals surface area contributed by atoms with Crippen LogP contribution in [0, 0.1) is 5.82 Å². The lowest BCUT2D eigenvalue weighted by Crippen LogP contribution is -2.45. The summed E-state index contributed by atoms with van der Waals surface area (Å²) in [6, 6.07) is 3.10. The minimum absolute atomic E-state index is 0.0526. The minimum Gasteiger partial charge on any atom is -0.357 e. The van der Waals surface area contributed by atoms with Gasteiger partial charge in [-0.3, -0.25) is 4.99 Å². The highest BCUT2D eigenvalue weighted by molar-refractivity contribution is 7.89. The number of aliphatic imine (C=N–C) groups is 1. The summed E-state index contributed by atoms with van der Waals surface area (Å²) in [5, 5.41) is 6.46. The highest BCUT2D eigenvalue weighted by Crippen LogP contribution is 2.20. The van der Waals surface area contributed by atoms with Crippen LogP contribution >= 0.6 is 0 Å². The number of hydrogen-bond acceptors (Lipinski definition) is 5. The molecule has 2 rings (SSSR count). The number of anilines is 1. The second-order valence-corrected chi connectivity index (χ2v) is 8.04. The Labute approximate surface area is 154 Å². The number of nitrogens with zero attached hydrogens (tertiary/aromatic N) is 3. The fourth-order valence-corrected chi connectivity index (χ4v) is 3.27. The highest BCUT2D eigenvalue weighted by Gasteiger charge is 2.25. The van der Waals surface area contributed by atoms with E-state index in [1.807, 2.05) is 11.8 Å². The first-order chi connectivity index (χ1) is 12.4. The minimum atomic E-state index is -3.20. The first-order valence-corrected chi connectivity index (χ1v) is 10.5. The molecule has 0 radical (unpaired) electrons. The van der Waals surface area contributed by atoms with E-state index in [-0.39, 0.29) is 24.2 Å². The average molecular weight is 386 g/mol. The molecule has 0 aromatic carbocycles. The number of pyridine rings is 1. The summed E-state index contributed by atoms with van der Waals surface area (Å²) in [5.41, 5.74) is 0. The molecule has 0 amide bonds. The van der Waals surface area contributed by atoms with E-state index < -0.39 is 10.0 Å². The topological polar surface area (TPSA) is 98.7 Å². The molecular weight excluding hydrogens is 359 g/mol. The Morgan fingerprint density at radius 1 is 1.46 bits per heavy atom. The first kappa shape index (κ1) is 20.4. The molecule has 1 aromatic heterocycles. The molecule has 0 aliphatic carbocycles. The van der Waals surface area contributed by atoms with Crippen LogP contribution in [-0.4, -0.2) is 63.9 Å². The van der Waals surface area contributed by atoms with Crippen LogP contribution in [0.2, 0.25) is 0 Å². The van der Waals surface area contributed by atoms with Crippen LogP contribution in [0.5, 0.6) is 0 Å². The molecule has 1 atom stereocenters. The normalized spacial score (nSPS) is 18.2. The van der Waals surface area contributed by atoms with Crippen molar-refractivity contribution in [1.82, 2.24) is 20.3 Å². The average Bonchev–Trinajstić information content (AvgIpc) is 3.07. The predicted octanol–water partition coefficient (Wildman–Crippen LogP) is 0.294. The number of nitrogens with one attached hydrogen (secondary N) is 3. The molecule has 146 valence electrons. The smallest absolute Gasteiger partial charge is 0.211 e. The van der Waals surface area contributed by atoms with Crippen LogP contribution in [-0.2, 0) is 10.0 Å². The van der Waals surface area contributed by atoms with Crippen molar-refractivity contribution in [3.8, 4) is 0 Å². The molecule has 0 spiro atoms. The van der Waals surface area contributed by atoms with Crippen LogP contribution in [0.1, 0.15) is 20.3 Å². The van der Waals surface area contributed by atoms with Crippen molar-refractivity contribution in [3.63, 3.8) is 0 Å². The summed E-state index contributed by atoms with van der Waals surface area (Å²) in [5.74, 6) is 0.720. The first-order valence-electron chi connectivity index (χ1n) is 8.82. The molecule has 1 aliphatic heterocycles. The number of sulfonamides is 1. The van der Waals surface area contributed by atoms with E-state index in [9.17, 15) is 12.8 Å². The van der Waals surface area contributed by atoms with E-state index in [1.165, 1.54) is 6.07 Å². The van der Waals surface area contributed by atoms with Gasteiger partial charge in [0.1, 0.15) is 0 Å². The van der Waals surface area contributed by atoms with Gasteiger partial charge in [0.15, 0.2) is 17.6 Å². The zero-order chi connectivity index (χ0) is 19.0. The molecule has 1 aromatic rings. The zero-order valence-electron chi connectivity index (χ0n) is 15.2. The van der Waals surface area contributed by atoms with E-state index in [4.69, 9.17) is 0 Å². The van der Waals surface area contributed by atoms with Crippen LogP contribution < -0.4 is 20.3 Å². The van der Waals surface area contributed by atoms with Gasteiger partial charge in [-0.15, -0.1) is 0 Å². The van der Waals surface area contributed by atoms with Crippen molar-refractivity contribution in [2.75, 3.05) is 43.4 Å². The monoisotopic (exact) mass is 386 g/mol. The van der Waals surface area contributed by atoms with Gasteiger partial charge in [0, 0.05) is 38.4 Å². The van der Waals surface area contributed by atoms with Crippen LogP contribution in [0.3, 0.4) is 0 Å². The van der Waals surface area contributed by atoms with Gasteiger partial charge in [0.05, 0.1) is 12.3 Å². The molecular formula is C16H27FN6O2S. The van der Waals surface area contributed by atoms with E-state index in [0.717, 1.165) is 6.42 Å². The molecule has 1 fully saturated rings. The second-order valence-electron chi connectivity index (χ2n) is 5.94. The highest BCUT2D eigenvalue weighted by atomic mass is 32.2. The third-order valence-corrected chi connectivity index (χ3v) is 5.40. The lowest BCUT2D eigenvalue weighted by atomic mass is 10.3. The molecule has 3 N–H and O–H groups in total. The van der Waals surface area contributed by atoms with Gasteiger partial charge in [0.2, 0.25) is 10.0 Å². The SMILES string of the molecule is CCNC(=NCCNS(=O)(=O)CC)NC1CCN(c2ncccc2F)C1. The van der Waals surface area contributed by atoms with E-state index in [0.29, 0.717) is 38.0 Å². The van der Waals surface area contributed by atoms with Crippen molar-refractivity contribution in [1.29, 1.82) is 0 Å². The fraction of sp³-hybridized carbons (Fsp3) is 0.625. The Balaban J connectivity index is 1.87. The Morgan fingerprint density at radius 3 is 2.96 bits per heavy atom. The summed E-state index contributed by atoms with van der Waals surface area (Å²) < 4.78 is 39.2. The lowest BCUT2D eigenvalue weighted by Gasteiger charge is -2.20. The van der Waals surface area contributed by atoms with Crippen LogP contribution in [0.25, 0.3) is 0 Å². The van der Waals surface area contributed by atoms with Gasteiger partial charge < -0.3 is 15.5 Å². The van der Waals surface area contributed by atoms with Crippen molar-refractivity contribution in [3.05, 3.63) is 24.1 Å². The van der Waals surface area contributed by atoms with Crippen LogP contribution in [0.4, 0.5) is 10.2 Å². The number of hydrogen-bond donors (Lipinski definition) is 3. The Kier molecular flexibility index (Phi) is 7.58. The summed E-state index contributed by atoms with van der Waals surface area (Å²) in [4.78, 5) is 10.4. The molecule has 10 heteroatoms. The molecule has 1 saturated heterocycles. The van der Waals surface area contributed by atoms with Gasteiger partial charge in [-0.05, 0) is 32.4 Å². The third-order valence-electron chi connectivity index (χ3n) is 4.00. The Morgan fingerprint density at radius 2 is 2.27 bits per heavy atom. The zero-order valence-corrected chi connectivity index (χ0v) is 16.0. The second kappa shape index (κ2) is 9.67. The molecule has 8 nitrogen and oxygen atoms in total. The number of guanidine groups is 1. The molecule has 1 aliphatic rings. The van der Waals surface area contributed by atoms with Gasteiger partial charge in [0.25, 0.3) is 0 Å². The van der Waals surface area contributed by atoms with Gasteiger partial charge in [-0.2, -0.15) is 0 Å². The fourth-order valence-electron chi connectivity index (χ4n) is 2.66. The standard InChI is InChI=1S/C16H27FN6O2S/c1-3-18-16(20-9-10-21-26(24,25)4-2)22-13-7-11-23(12-13)15-14(17)6-5-8-19-15/h5-6,8,13,21H,3-4,7,9-12H2,1-2H3,(H2,18,20,22). The number of aromatic nitrogens is 1. The lowest BCUT2D eigenvalue weighted by molar-refractivity contribution is 0.583. The Bertz CT molecular complexity index is 712. The maximum absolute atomic E-state index is 13.9. The van der Waals surface area contributed by atoms with E-state index >= 15 is 0 Å². The molecule has 0 saturated carbocycles. The Hall–Kier alpha value is -1.94. The molecule has 1 unspecified atom stereocenters. The summed E-state index contributed by atoms with van der Waals surface area (Å²) in [6.45, 7) is 6.16. The summed E-state index contributed by atoms with van der Waals surface area (Å²) >= 11 is 0.